The summed E-state index contributed by atoms with van der Waals surface area (Å²) >= 11 is 0. The Morgan fingerprint density at radius 2 is 2.04 bits per heavy atom. The van der Waals surface area contributed by atoms with Crippen molar-refractivity contribution in [2.24, 2.45) is 5.41 Å². The highest BCUT2D eigenvalue weighted by Gasteiger charge is 2.51. The smallest absolute Gasteiger partial charge is 0.250 e. The van der Waals surface area contributed by atoms with Gasteiger partial charge in [0.2, 0.25) is 5.89 Å². The fraction of sp³-hybridized carbons (Fsp3) is 0.500. The molecule has 3 fully saturated rings. The Morgan fingerprint density at radius 3 is 2.70 bits per heavy atom. The van der Waals surface area contributed by atoms with Crippen LogP contribution in [0.25, 0.3) is 6.08 Å². The highest BCUT2D eigenvalue weighted by Crippen LogP contribution is 2.46. The van der Waals surface area contributed by atoms with E-state index in [9.17, 15) is 5.11 Å². The Bertz CT molecular complexity index is 757. The summed E-state index contributed by atoms with van der Waals surface area (Å²) in [4.78, 5) is 6.55. The van der Waals surface area contributed by atoms with Crippen molar-refractivity contribution in [3.05, 3.63) is 48.1 Å². The number of hydrogen-bond donors (Lipinski definition) is 1. The summed E-state index contributed by atoms with van der Waals surface area (Å²) in [6.45, 7) is 4.33. The van der Waals surface area contributed by atoms with Gasteiger partial charge in [0.25, 0.3) is 0 Å². The Labute approximate surface area is 165 Å². The van der Waals surface area contributed by atoms with E-state index in [1.165, 1.54) is 0 Å². The summed E-state index contributed by atoms with van der Waals surface area (Å²) in [6.07, 6.45) is 6.34. The number of aliphatic hydroxyl groups is 1. The average Bonchev–Trinajstić information content (AvgIpc) is 3.08. The molecule has 0 radical (unpaired) electrons. The molecule has 0 saturated carbocycles. The first kappa shape index (κ1) is 19.9. The summed E-state index contributed by atoms with van der Waals surface area (Å²) in [5.74, 6) is 2.00. The van der Waals surface area contributed by atoms with Gasteiger partial charge in [-0.2, -0.15) is 4.98 Å². The predicted molar refractivity (Wildman–Crippen MR) is 105 cm³/mol. The van der Waals surface area contributed by atoms with Crippen molar-refractivity contribution in [1.82, 2.24) is 15.0 Å². The van der Waals surface area contributed by atoms with Crippen molar-refractivity contribution in [1.29, 1.82) is 0 Å². The Morgan fingerprint density at radius 1 is 1.30 bits per heavy atom. The quantitative estimate of drug-likeness (QED) is 0.815. The van der Waals surface area contributed by atoms with E-state index in [4.69, 9.17) is 9.26 Å². The van der Waals surface area contributed by atoms with Gasteiger partial charge in [0.15, 0.2) is 5.82 Å². The largest absolute Gasteiger partial charge is 0.492 e. The van der Waals surface area contributed by atoms with Gasteiger partial charge in [0.05, 0.1) is 12.1 Å². The zero-order valence-electron chi connectivity index (χ0n) is 15.5. The molecule has 146 valence electrons. The molecule has 0 aliphatic carbocycles. The second-order valence-corrected chi connectivity index (χ2v) is 7.32. The van der Waals surface area contributed by atoms with E-state index in [1.807, 2.05) is 36.4 Å². The lowest BCUT2D eigenvalue weighted by Crippen LogP contribution is -2.65. The number of halogens is 1. The van der Waals surface area contributed by atoms with Crippen LogP contribution in [0.15, 0.2) is 40.9 Å². The van der Waals surface area contributed by atoms with Crippen LogP contribution in [-0.2, 0) is 0 Å². The number of para-hydroxylation sites is 1. The number of aliphatic hydroxyl groups excluding tert-OH is 1. The molecular weight excluding hydrogens is 366 g/mol. The van der Waals surface area contributed by atoms with Gasteiger partial charge in [0.1, 0.15) is 12.4 Å². The van der Waals surface area contributed by atoms with Gasteiger partial charge in [-0.25, -0.2) is 0 Å². The van der Waals surface area contributed by atoms with Crippen LogP contribution < -0.4 is 4.74 Å². The summed E-state index contributed by atoms with van der Waals surface area (Å²) in [5.41, 5.74) is -0.0922. The number of aromatic nitrogens is 2. The Kier molecular flexibility index (Phi) is 6.19. The first-order chi connectivity index (χ1) is 12.7. The number of ether oxygens (including phenoxy) is 1. The Balaban J connectivity index is 0.00000210. The molecule has 6 nitrogen and oxygen atoms in total. The molecule has 2 bridgehead atoms. The number of benzene rings is 1. The number of allylic oxidation sites excluding steroid dienone is 1. The molecule has 7 heteroatoms. The lowest BCUT2D eigenvalue weighted by molar-refractivity contribution is -0.140. The molecule has 2 aromatic rings. The fourth-order valence-electron chi connectivity index (χ4n) is 4.20. The van der Waals surface area contributed by atoms with Crippen LogP contribution in [0.1, 0.15) is 31.0 Å². The van der Waals surface area contributed by atoms with E-state index >= 15 is 0 Å². The zero-order chi connectivity index (χ0) is 18.0. The molecular formula is C20H26ClN3O3. The number of hydrogen-bond acceptors (Lipinski definition) is 6. The molecule has 0 amide bonds. The number of fused-ring (bicyclic) bond motifs is 3. The molecule has 1 N–H and O–H groups in total. The van der Waals surface area contributed by atoms with Gasteiger partial charge in [-0.1, -0.05) is 29.4 Å². The average molecular weight is 392 g/mol. The van der Waals surface area contributed by atoms with E-state index in [1.54, 1.807) is 6.92 Å². The molecule has 3 aliphatic rings. The molecule has 3 aliphatic heterocycles. The first-order valence-electron chi connectivity index (χ1n) is 9.23. The molecule has 3 saturated heterocycles. The minimum Gasteiger partial charge on any atom is -0.492 e. The van der Waals surface area contributed by atoms with Gasteiger partial charge >= 0.3 is 0 Å². The van der Waals surface area contributed by atoms with E-state index in [0.29, 0.717) is 18.3 Å². The summed E-state index contributed by atoms with van der Waals surface area (Å²) in [6, 6.07) is 9.84. The van der Waals surface area contributed by atoms with Crippen molar-refractivity contribution >= 4 is 18.5 Å². The van der Waals surface area contributed by atoms with Gasteiger partial charge in [-0.05, 0) is 57.5 Å². The minimum absolute atomic E-state index is 0. The molecule has 4 heterocycles. The third kappa shape index (κ3) is 4.18. The monoisotopic (exact) mass is 391 g/mol. The third-order valence-corrected chi connectivity index (χ3v) is 5.75. The summed E-state index contributed by atoms with van der Waals surface area (Å²) in [5, 5.41) is 14.9. The maximum absolute atomic E-state index is 11.1. The lowest BCUT2D eigenvalue weighted by atomic mass is 9.65. The highest BCUT2D eigenvalue weighted by molar-refractivity contribution is 5.85. The molecule has 27 heavy (non-hydrogen) atoms. The van der Waals surface area contributed by atoms with Crippen LogP contribution in [0.4, 0.5) is 0 Å². The van der Waals surface area contributed by atoms with Gasteiger partial charge < -0.3 is 14.4 Å². The number of rotatable bonds is 6. The molecule has 0 spiro atoms. The molecule has 1 aromatic carbocycles. The van der Waals surface area contributed by atoms with Crippen molar-refractivity contribution in [3.8, 4) is 5.75 Å². The van der Waals surface area contributed by atoms with Crippen LogP contribution in [0.5, 0.6) is 5.75 Å². The van der Waals surface area contributed by atoms with E-state index in [2.05, 4.69) is 21.1 Å². The third-order valence-electron chi connectivity index (χ3n) is 5.75. The van der Waals surface area contributed by atoms with Crippen molar-refractivity contribution in [3.63, 3.8) is 0 Å². The maximum Gasteiger partial charge on any atom is 0.250 e. The van der Waals surface area contributed by atoms with Crippen molar-refractivity contribution in [2.45, 2.75) is 38.3 Å². The lowest BCUT2D eigenvalue weighted by Gasteiger charge is -2.56. The molecule has 2 atom stereocenters. The highest BCUT2D eigenvalue weighted by atomic mass is 35.5. The van der Waals surface area contributed by atoms with Crippen LogP contribution in [0, 0.1) is 12.3 Å². The van der Waals surface area contributed by atoms with E-state index in [0.717, 1.165) is 38.1 Å². The zero-order valence-corrected chi connectivity index (χ0v) is 16.3. The van der Waals surface area contributed by atoms with Crippen molar-refractivity contribution in [2.75, 3.05) is 19.7 Å². The van der Waals surface area contributed by atoms with Crippen LogP contribution >= 0.6 is 12.4 Å². The number of nitrogens with zero attached hydrogens (tertiary/aromatic N) is 3. The number of piperidine rings is 3. The fourth-order valence-corrected chi connectivity index (χ4v) is 4.20. The standard InChI is InChI=1S/C20H25N3O3.ClH/c1-15-21-18(26-22-15)8-5-9-20-10-12-23(13-11-20)17(19(20)24)14-25-16-6-3-2-4-7-16;/h2-8,17,19,24H,9-14H2,1H3;1H. The second-order valence-electron chi connectivity index (χ2n) is 7.32. The Hall–Kier alpha value is -1.89. The number of aryl methyl sites for hydroxylation is 1. The molecule has 1 aromatic heterocycles. The van der Waals surface area contributed by atoms with Gasteiger partial charge in [-0.3, -0.25) is 4.90 Å². The SMILES string of the molecule is Cc1noc(C=CCC23CCN(CC2)C(COc2ccccc2)C3O)n1.Cl. The van der Waals surface area contributed by atoms with Crippen LogP contribution in [0.3, 0.4) is 0 Å². The molecule has 2 unspecified atom stereocenters. The summed E-state index contributed by atoms with van der Waals surface area (Å²) < 4.78 is 11.1. The minimum atomic E-state index is -0.400. The van der Waals surface area contributed by atoms with Gasteiger partial charge in [-0.15, -0.1) is 12.4 Å². The van der Waals surface area contributed by atoms with Crippen molar-refractivity contribution < 1.29 is 14.4 Å². The predicted octanol–water partition coefficient (Wildman–Crippen LogP) is 3.11. The van der Waals surface area contributed by atoms with E-state index in [-0.39, 0.29) is 23.9 Å². The maximum atomic E-state index is 11.1. The summed E-state index contributed by atoms with van der Waals surface area (Å²) in [7, 11) is 0. The van der Waals surface area contributed by atoms with Gasteiger partial charge in [0, 0.05) is 5.41 Å². The normalized spacial score (nSPS) is 29.6. The van der Waals surface area contributed by atoms with E-state index < -0.39 is 6.10 Å². The topological polar surface area (TPSA) is 71.6 Å². The van der Waals surface area contributed by atoms with Crippen LogP contribution in [0.2, 0.25) is 0 Å². The molecule has 5 rings (SSSR count). The first-order valence-corrected chi connectivity index (χ1v) is 9.23. The van der Waals surface area contributed by atoms with Crippen LogP contribution in [-0.4, -0.2) is 52.0 Å². The second kappa shape index (κ2) is 8.42.